The van der Waals surface area contributed by atoms with Gasteiger partial charge in [0.1, 0.15) is 19.0 Å². The summed E-state index contributed by atoms with van der Waals surface area (Å²) >= 11 is 0. The lowest BCUT2D eigenvalue weighted by molar-refractivity contribution is 0.171. The van der Waals surface area contributed by atoms with Gasteiger partial charge >= 0.3 is 6.03 Å². The third kappa shape index (κ3) is 5.09. The standard InChI is InChI=1S/C22H28N2O4/c1-4-19(17-8-9-20-21(14-17)28-11-10-27-20)24-22(25)23-15(2)12-16-6-5-7-18(13-16)26-3/h5-9,13-15,19H,4,10-12H2,1-3H3,(H2,23,24,25). The molecule has 2 amide bonds. The summed E-state index contributed by atoms with van der Waals surface area (Å²) in [5, 5.41) is 6.07. The average Bonchev–Trinajstić information content (AvgIpc) is 2.71. The van der Waals surface area contributed by atoms with Crippen molar-refractivity contribution in [1.29, 1.82) is 0 Å². The first kappa shape index (κ1) is 19.9. The van der Waals surface area contributed by atoms with E-state index in [0.717, 1.165) is 41.2 Å². The maximum Gasteiger partial charge on any atom is 0.315 e. The molecule has 0 saturated heterocycles. The van der Waals surface area contributed by atoms with Gasteiger partial charge in [-0.25, -0.2) is 4.79 Å². The minimum absolute atomic E-state index is 0.00937. The highest BCUT2D eigenvalue weighted by atomic mass is 16.6. The molecule has 2 N–H and O–H groups in total. The number of urea groups is 1. The first-order valence-corrected chi connectivity index (χ1v) is 9.68. The summed E-state index contributed by atoms with van der Waals surface area (Å²) in [6.07, 6.45) is 1.50. The number of rotatable bonds is 7. The Labute approximate surface area is 166 Å². The molecule has 28 heavy (non-hydrogen) atoms. The zero-order chi connectivity index (χ0) is 19.9. The highest BCUT2D eigenvalue weighted by molar-refractivity contribution is 5.74. The van der Waals surface area contributed by atoms with Gasteiger partial charge in [0.2, 0.25) is 0 Å². The summed E-state index contributed by atoms with van der Waals surface area (Å²) < 4.78 is 16.5. The molecule has 1 aliphatic heterocycles. The van der Waals surface area contributed by atoms with E-state index in [0.29, 0.717) is 13.2 Å². The van der Waals surface area contributed by atoms with E-state index in [9.17, 15) is 4.79 Å². The van der Waals surface area contributed by atoms with Crippen LogP contribution in [0.25, 0.3) is 0 Å². The number of amides is 2. The van der Waals surface area contributed by atoms with Crippen LogP contribution in [-0.4, -0.2) is 32.4 Å². The first-order chi connectivity index (χ1) is 13.6. The van der Waals surface area contributed by atoms with Crippen molar-refractivity contribution in [2.45, 2.75) is 38.8 Å². The van der Waals surface area contributed by atoms with Crippen LogP contribution in [0.3, 0.4) is 0 Å². The third-order valence-corrected chi connectivity index (χ3v) is 4.74. The molecule has 6 nitrogen and oxygen atoms in total. The van der Waals surface area contributed by atoms with E-state index in [-0.39, 0.29) is 18.1 Å². The van der Waals surface area contributed by atoms with Gasteiger partial charge in [0.25, 0.3) is 0 Å². The number of hydrogen-bond donors (Lipinski definition) is 2. The fourth-order valence-corrected chi connectivity index (χ4v) is 3.33. The van der Waals surface area contributed by atoms with Crippen molar-refractivity contribution >= 4 is 6.03 Å². The molecule has 2 aromatic rings. The number of ether oxygens (including phenoxy) is 3. The lowest BCUT2D eigenvalue weighted by atomic mass is 10.0. The SMILES string of the molecule is CCC(NC(=O)NC(C)Cc1cccc(OC)c1)c1ccc2c(c1)OCCO2. The van der Waals surface area contributed by atoms with Crippen molar-refractivity contribution in [3.63, 3.8) is 0 Å². The average molecular weight is 384 g/mol. The monoisotopic (exact) mass is 384 g/mol. The van der Waals surface area contributed by atoms with Gasteiger partial charge in [-0.3, -0.25) is 0 Å². The Hall–Kier alpha value is -2.89. The van der Waals surface area contributed by atoms with Gasteiger partial charge in [-0.2, -0.15) is 0 Å². The molecule has 1 aliphatic rings. The van der Waals surface area contributed by atoms with Gasteiger partial charge in [-0.1, -0.05) is 25.1 Å². The molecular weight excluding hydrogens is 356 g/mol. The maximum absolute atomic E-state index is 12.5. The summed E-state index contributed by atoms with van der Waals surface area (Å²) in [6.45, 7) is 5.14. The molecule has 0 saturated carbocycles. The van der Waals surface area contributed by atoms with Crippen LogP contribution in [0.5, 0.6) is 17.2 Å². The van der Waals surface area contributed by atoms with E-state index in [1.165, 1.54) is 0 Å². The van der Waals surface area contributed by atoms with E-state index in [1.807, 2.05) is 56.3 Å². The Morgan fingerprint density at radius 1 is 1.11 bits per heavy atom. The van der Waals surface area contributed by atoms with E-state index in [1.54, 1.807) is 7.11 Å². The zero-order valence-electron chi connectivity index (χ0n) is 16.7. The normalized spacial score (nSPS) is 14.7. The summed E-state index contributed by atoms with van der Waals surface area (Å²) in [7, 11) is 1.65. The number of hydrogen-bond acceptors (Lipinski definition) is 4. The highest BCUT2D eigenvalue weighted by Gasteiger charge is 2.18. The van der Waals surface area contributed by atoms with Crippen LogP contribution < -0.4 is 24.8 Å². The summed E-state index contributed by atoms with van der Waals surface area (Å²) in [5.74, 6) is 2.30. The predicted octanol–water partition coefficient (Wildman–Crippen LogP) is 3.85. The molecule has 0 bridgehead atoms. The lowest BCUT2D eigenvalue weighted by Crippen LogP contribution is -2.43. The van der Waals surface area contributed by atoms with Crippen LogP contribution in [0.15, 0.2) is 42.5 Å². The Balaban J connectivity index is 1.57. The molecular formula is C22H28N2O4. The molecule has 0 spiro atoms. The van der Waals surface area contributed by atoms with Crippen LogP contribution in [0, 0.1) is 0 Å². The molecule has 0 aromatic heterocycles. The molecule has 3 rings (SSSR count). The number of benzene rings is 2. The smallest absolute Gasteiger partial charge is 0.315 e. The molecule has 0 aliphatic carbocycles. The van der Waals surface area contributed by atoms with Crippen molar-refractivity contribution in [1.82, 2.24) is 10.6 Å². The van der Waals surface area contributed by atoms with Gasteiger partial charge in [0.05, 0.1) is 13.2 Å². The number of fused-ring (bicyclic) bond motifs is 1. The topological polar surface area (TPSA) is 68.8 Å². The number of carbonyl (C=O) groups is 1. The van der Waals surface area contributed by atoms with Crippen LogP contribution in [0.1, 0.15) is 37.4 Å². The van der Waals surface area contributed by atoms with Gasteiger partial charge in [0.15, 0.2) is 11.5 Å². The quantitative estimate of drug-likeness (QED) is 0.761. The second-order valence-corrected chi connectivity index (χ2v) is 6.94. The molecule has 2 unspecified atom stereocenters. The summed E-state index contributed by atoms with van der Waals surface area (Å²) in [5.41, 5.74) is 2.12. The minimum Gasteiger partial charge on any atom is -0.497 e. The van der Waals surface area contributed by atoms with Crippen LogP contribution >= 0.6 is 0 Å². The van der Waals surface area contributed by atoms with Crippen molar-refractivity contribution in [2.24, 2.45) is 0 Å². The van der Waals surface area contributed by atoms with E-state index in [4.69, 9.17) is 14.2 Å². The summed E-state index contributed by atoms with van der Waals surface area (Å²) in [6, 6.07) is 13.4. The van der Waals surface area contributed by atoms with E-state index < -0.39 is 0 Å². The second-order valence-electron chi connectivity index (χ2n) is 6.94. The van der Waals surface area contributed by atoms with Crippen LogP contribution in [-0.2, 0) is 6.42 Å². The molecule has 2 atom stereocenters. The number of methoxy groups -OCH3 is 1. The minimum atomic E-state index is -0.183. The second kappa shape index (κ2) is 9.35. The third-order valence-electron chi connectivity index (χ3n) is 4.74. The number of carbonyl (C=O) groups excluding carboxylic acids is 1. The lowest BCUT2D eigenvalue weighted by Gasteiger charge is -2.23. The van der Waals surface area contributed by atoms with Crippen molar-refractivity contribution < 1.29 is 19.0 Å². The Bertz CT molecular complexity index is 809. The summed E-state index contributed by atoms with van der Waals surface area (Å²) in [4.78, 5) is 12.5. The molecule has 0 radical (unpaired) electrons. The molecule has 150 valence electrons. The van der Waals surface area contributed by atoms with Crippen molar-refractivity contribution in [3.8, 4) is 17.2 Å². The van der Waals surface area contributed by atoms with Crippen LogP contribution in [0.2, 0.25) is 0 Å². The zero-order valence-corrected chi connectivity index (χ0v) is 16.7. The molecule has 6 heteroatoms. The van der Waals surface area contributed by atoms with Gasteiger partial charge < -0.3 is 24.8 Å². The van der Waals surface area contributed by atoms with Crippen molar-refractivity contribution in [2.75, 3.05) is 20.3 Å². The van der Waals surface area contributed by atoms with Gasteiger partial charge in [-0.05, 0) is 55.2 Å². The Morgan fingerprint density at radius 2 is 1.89 bits per heavy atom. The van der Waals surface area contributed by atoms with E-state index in [2.05, 4.69) is 10.6 Å². The largest absolute Gasteiger partial charge is 0.497 e. The molecule has 2 aromatic carbocycles. The highest BCUT2D eigenvalue weighted by Crippen LogP contribution is 2.33. The fraction of sp³-hybridized carbons (Fsp3) is 0.409. The van der Waals surface area contributed by atoms with Gasteiger partial charge in [0, 0.05) is 6.04 Å². The molecule has 1 heterocycles. The van der Waals surface area contributed by atoms with Crippen LogP contribution in [0.4, 0.5) is 4.79 Å². The number of nitrogens with one attached hydrogen (secondary N) is 2. The van der Waals surface area contributed by atoms with E-state index >= 15 is 0 Å². The Morgan fingerprint density at radius 3 is 2.64 bits per heavy atom. The first-order valence-electron chi connectivity index (χ1n) is 9.68. The maximum atomic E-state index is 12.5. The van der Waals surface area contributed by atoms with Gasteiger partial charge in [-0.15, -0.1) is 0 Å². The Kier molecular flexibility index (Phi) is 6.63. The predicted molar refractivity (Wildman–Crippen MR) is 108 cm³/mol. The van der Waals surface area contributed by atoms with Crippen molar-refractivity contribution in [3.05, 3.63) is 53.6 Å². The fourth-order valence-electron chi connectivity index (χ4n) is 3.33. The molecule has 0 fully saturated rings.